The molecule has 3 heterocycles. The van der Waals surface area contributed by atoms with Gasteiger partial charge in [0.2, 0.25) is 0 Å². The van der Waals surface area contributed by atoms with Gasteiger partial charge in [0.25, 0.3) is 5.56 Å². The summed E-state index contributed by atoms with van der Waals surface area (Å²) in [7, 11) is 1.68. The van der Waals surface area contributed by atoms with Crippen molar-refractivity contribution < 1.29 is 4.74 Å². The first-order valence-corrected chi connectivity index (χ1v) is 8.95. The van der Waals surface area contributed by atoms with Crippen LogP contribution in [-0.4, -0.2) is 31.7 Å². The summed E-state index contributed by atoms with van der Waals surface area (Å²) in [5.41, 5.74) is 2.74. The number of ether oxygens (including phenoxy) is 1. The maximum absolute atomic E-state index is 12.2. The van der Waals surface area contributed by atoms with Crippen LogP contribution in [0, 0.1) is 0 Å². The lowest BCUT2D eigenvalue weighted by Gasteiger charge is -2.09. The zero-order valence-corrected chi connectivity index (χ0v) is 15.0. The Kier molecular flexibility index (Phi) is 3.65. The first-order chi connectivity index (χ1) is 13.7. The Morgan fingerprint density at radius 3 is 2.82 bits per heavy atom. The minimum Gasteiger partial charge on any atom is -0.496 e. The van der Waals surface area contributed by atoms with E-state index in [0.717, 1.165) is 23.4 Å². The van der Waals surface area contributed by atoms with Crippen molar-refractivity contribution in [2.45, 2.75) is 18.3 Å². The quantitative estimate of drug-likeness (QED) is 0.568. The van der Waals surface area contributed by atoms with Gasteiger partial charge < -0.3 is 9.72 Å². The van der Waals surface area contributed by atoms with Crippen molar-refractivity contribution in [1.29, 1.82) is 0 Å². The number of H-pyrrole nitrogens is 2. The standard InChI is InChI=1S/C20H17N5O3/c1-28-17-5-3-2-4-11(17)12-8-13(12)14-9-16(24-25-7-6-21-18(14)25)15-10-22-20(27)23-19(15)26/h2-7,9-10,12-13H,8H2,1H3,(H2,22,23,26,27)/t12-,13+/m1/s1. The summed E-state index contributed by atoms with van der Waals surface area (Å²) in [5, 5.41) is 4.49. The molecular formula is C20H17N5O3. The average molecular weight is 375 g/mol. The van der Waals surface area contributed by atoms with E-state index in [1.807, 2.05) is 24.3 Å². The third-order valence-electron chi connectivity index (χ3n) is 5.21. The second-order valence-corrected chi connectivity index (χ2v) is 6.86. The number of nitrogens with one attached hydrogen (secondary N) is 2. The molecular weight excluding hydrogens is 358 g/mol. The Balaban J connectivity index is 1.61. The van der Waals surface area contributed by atoms with Crippen LogP contribution in [0.2, 0.25) is 0 Å². The SMILES string of the molecule is COc1ccccc1[C@H]1C[C@@H]1c1cc(-c2c[nH]c(=O)[nH]c2=O)nn2ccnc12. The molecule has 2 atom stereocenters. The summed E-state index contributed by atoms with van der Waals surface area (Å²) >= 11 is 0. The fourth-order valence-electron chi connectivity index (χ4n) is 3.80. The molecule has 0 unspecified atom stereocenters. The molecule has 8 nitrogen and oxygen atoms in total. The molecule has 2 N–H and O–H groups in total. The average Bonchev–Trinajstić information content (AvgIpc) is 3.35. The van der Waals surface area contributed by atoms with Crippen molar-refractivity contribution in [3.05, 3.63) is 80.9 Å². The summed E-state index contributed by atoms with van der Waals surface area (Å²) in [6.45, 7) is 0. The molecule has 0 bridgehead atoms. The number of para-hydroxylation sites is 1. The smallest absolute Gasteiger partial charge is 0.325 e. The first kappa shape index (κ1) is 16.5. The molecule has 4 aromatic rings. The molecule has 0 spiro atoms. The van der Waals surface area contributed by atoms with E-state index in [1.165, 1.54) is 11.8 Å². The molecule has 28 heavy (non-hydrogen) atoms. The van der Waals surface area contributed by atoms with E-state index in [9.17, 15) is 9.59 Å². The molecule has 5 rings (SSSR count). The molecule has 1 aliphatic rings. The third kappa shape index (κ3) is 2.61. The predicted molar refractivity (Wildman–Crippen MR) is 103 cm³/mol. The molecule has 0 amide bonds. The van der Waals surface area contributed by atoms with Gasteiger partial charge in [-0.15, -0.1) is 0 Å². The van der Waals surface area contributed by atoms with E-state index in [-0.39, 0.29) is 5.92 Å². The fourth-order valence-corrected chi connectivity index (χ4v) is 3.80. The van der Waals surface area contributed by atoms with Gasteiger partial charge in [0.05, 0.1) is 18.4 Å². The Bertz CT molecular complexity index is 1300. The summed E-state index contributed by atoms with van der Waals surface area (Å²) in [5.74, 6) is 1.45. The normalized spacial score (nSPS) is 18.3. The predicted octanol–water partition coefficient (Wildman–Crippen LogP) is 2.05. The second kappa shape index (κ2) is 6.19. The first-order valence-electron chi connectivity index (χ1n) is 8.95. The van der Waals surface area contributed by atoms with E-state index in [1.54, 1.807) is 24.0 Å². The molecule has 1 saturated carbocycles. The van der Waals surface area contributed by atoms with Gasteiger partial charge in [-0.25, -0.2) is 14.3 Å². The van der Waals surface area contributed by atoms with Crippen LogP contribution in [-0.2, 0) is 0 Å². The largest absolute Gasteiger partial charge is 0.496 e. The molecule has 140 valence electrons. The molecule has 1 fully saturated rings. The maximum atomic E-state index is 12.2. The molecule has 8 heteroatoms. The van der Waals surface area contributed by atoms with Crippen molar-refractivity contribution in [3.8, 4) is 17.0 Å². The van der Waals surface area contributed by atoms with E-state index >= 15 is 0 Å². The molecule has 1 aliphatic carbocycles. The zero-order chi connectivity index (χ0) is 19.3. The Morgan fingerprint density at radius 2 is 2.00 bits per heavy atom. The molecule has 0 saturated heterocycles. The van der Waals surface area contributed by atoms with Crippen LogP contribution in [0.3, 0.4) is 0 Å². The number of fused-ring (bicyclic) bond motifs is 1. The number of rotatable bonds is 4. The molecule has 3 aromatic heterocycles. The summed E-state index contributed by atoms with van der Waals surface area (Å²) in [4.78, 5) is 32.8. The van der Waals surface area contributed by atoms with Gasteiger partial charge in [-0.1, -0.05) is 18.2 Å². The molecule has 1 aromatic carbocycles. The lowest BCUT2D eigenvalue weighted by Crippen LogP contribution is -2.23. The van der Waals surface area contributed by atoms with Crippen LogP contribution < -0.4 is 16.0 Å². The number of aromatic nitrogens is 5. The monoisotopic (exact) mass is 375 g/mol. The number of aromatic amines is 2. The third-order valence-corrected chi connectivity index (χ3v) is 5.21. The van der Waals surface area contributed by atoms with Crippen molar-refractivity contribution in [2.75, 3.05) is 7.11 Å². The second-order valence-electron chi connectivity index (χ2n) is 6.86. The highest BCUT2D eigenvalue weighted by atomic mass is 16.5. The summed E-state index contributed by atoms with van der Waals surface area (Å²) in [6, 6.07) is 9.91. The van der Waals surface area contributed by atoms with E-state index in [4.69, 9.17) is 4.74 Å². The highest BCUT2D eigenvalue weighted by molar-refractivity contribution is 5.64. The van der Waals surface area contributed by atoms with Gasteiger partial charge in [-0.05, 0) is 36.0 Å². The lowest BCUT2D eigenvalue weighted by atomic mass is 10.0. The van der Waals surface area contributed by atoms with E-state index in [0.29, 0.717) is 17.2 Å². The zero-order valence-electron chi connectivity index (χ0n) is 15.0. The van der Waals surface area contributed by atoms with Crippen LogP contribution in [0.1, 0.15) is 29.4 Å². The van der Waals surface area contributed by atoms with Crippen LogP contribution in [0.5, 0.6) is 5.75 Å². The van der Waals surface area contributed by atoms with Crippen molar-refractivity contribution >= 4 is 5.65 Å². The van der Waals surface area contributed by atoms with Gasteiger partial charge >= 0.3 is 5.69 Å². The van der Waals surface area contributed by atoms with Gasteiger partial charge in [0.15, 0.2) is 5.65 Å². The number of methoxy groups -OCH3 is 1. The Morgan fingerprint density at radius 1 is 1.18 bits per heavy atom. The number of imidazole rings is 1. The maximum Gasteiger partial charge on any atom is 0.325 e. The minimum atomic E-state index is -0.545. The van der Waals surface area contributed by atoms with Crippen molar-refractivity contribution in [1.82, 2.24) is 24.6 Å². The van der Waals surface area contributed by atoms with Crippen molar-refractivity contribution in [2.24, 2.45) is 0 Å². The number of benzene rings is 1. The Hall–Kier alpha value is -3.68. The fraction of sp³-hybridized carbons (Fsp3) is 0.200. The number of hydrogen-bond donors (Lipinski definition) is 2. The van der Waals surface area contributed by atoms with Crippen LogP contribution in [0.15, 0.2) is 58.5 Å². The van der Waals surface area contributed by atoms with Crippen LogP contribution in [0.25, 0.3) is 16.9 Å². The van der Waals surface area contributed by atoms with Gasteiger partial charge in [0.1, 0.15) is 5.75 Å². The molecule has 0 aliphatic heterocycles. The highest BCUT2D eigenvalue weighted by Gasteiger charge is 2.42. The highest BCUT2D eigenvalue weighted by Crippen LogP contribution is 2.57. The summed E-state index contributed by atoms with van der Waals surface area (Å²) < 4.78 is 7.18. The van der Waals surface area contributed by atoms with Crippen LogP contribution >= 0.6 is 0 Å². The van der Waals surface area contributed by atoms with E-state index < -0.39 is 11.2 Å². The summed E-state index contributed by atoms with van der Waals surface area (Å²) in [6.07, 6.45) is 5.80. The molecule has 0 radical (unpaired) electrons. The van der Waals surface area contributed by atoms with Gasteiger partial charge in [0, 0.05) is 24.2 Å². The van der Waals surface area contributed by atoms with Crippen LogP contribution in [0.4, 0.5) is 0 Å². The van der Waals surface area contributed by atoms with E-state index in [2.05, 4.69) is 26.1 Å². The van der Waals surface area contributed by atoms with Gasteiger partial charge in [-0.3, -0.25) is 9.78 Å². The van der Waals surface area contributed by atoms with Crippen molar-refractivity contribution in [3.63, 3.8) is 0 Å². The minimum absolute atomic E-state index is 0.254. The number of nitrogens with zero attached hydrogens (tertiary/aromatic N) is 3. The number of hydrogen-bond acceptors (Lipinski definition) is 5. The topological polar surface area (TPSA) is 105 Å². The van der Waals surface area contributed by atoms with Gasteiger partial charge in [-0.2, -0.15) is 5.10 Å². The lowest BCUT2D eigenvalue weighted by molar-refractivity contribution is 0.409. The Labute approximate surface area is 158 Å².